The molecule has 2 aromatic rings. The van der Waals surface area contributed by atoms with E-state index in [1.807, 2.05) is 6.92 Å². The second-order valence-corrected chi connectivity index (χ2v) is 3.95. The van der Waals surface area contributed by atoms with Gasteiger partial charge in [0.05, 0.1) is 6.20 Å². The maximum Gasteiger partial charge on any atom is 0.149 e. The van der Waals surface area contributed by atoms with Crippen LogP contribution in [0.1, 0.15) is 12.5 Å². The van der Waals surface area contributed by atoms with E-state index in [9.17, 15) is 8.78 Å². The summed E-state index contributed by atoms with van der Waals surface area (Å²) in [5.41, 5.74) is 1.33. The summed E-state index contributed by atoms with van der Waals surface area (Å²) in [6, 6.07) is 6.29. The molecule has 1 aromatic heterocycles. The van der Waals surface area contributed by atoms with Gasteiger partial charge in [0, 0.05) is 23.9 Å². The van der Waals surface area contributed by atoms with Gasteiger partial charge in [-0.3, -0.25) is 4.98 Å². The molecule has 18 heavy (non-hydrogen) atoms. The number of halogens is 2. The maximum absolute atomic E-state index is 13.9. The molecule has 0 aliphatic heterocycles. The standard InChI is InChI=1S/C14H14F2N2/c1-2-17-8-10-3-4-11(13(15)7-10)12-5-6-18-9-14(12)16/h3-7,9,17H,2,8H2,1H3. The molecule has 0 saturated heterocycles. The number of rotatable bonds is 4. The minimum absolute atomic E-state index is 0.234. The first kappa shape index (κ1) is 12.6. The lowest BCUT2D eigenvalue weighted by Gasteiger charge is -2.07. The second kappa shape index (κ2) is 5.69. The van der Waals surface area contributed by atoms with Gasteiger partial charge < -0.3 is 5.32 Å². The highest BCUT2D eigenvalue weighted by atomic mass is 19.1. The van der Waals surface area contributed by atoms with Crippen molar-refractivity contribution < 1.29 is 8.78 Å². The van der Waals surface area contributed by atoms with Crippen LogP contribution in [-0.2, 0) is 6.54 Å². The van der Waals surface area contributed by atoms with Gasteiger partial charge in [-0.05, 0) is 24.2 Å². The molecule has 0 fully saturated rings. The van der Waals surface area contributed by atoms with Crippen LogP contribution >= 0.6 is 0 Å². The van der Waals surface area contributed by atoms with E-state index in [0.29, 0.717) is 6.54 Å². The van der Waals surface area contributed by atoms with E-state index in [1.54, 1.807) is 12.1 Å². The molecule has 2 nitrogen and oxygen atoms in total. The van der Waals surface area contributed by atoms with Gasteiger partial charge in [-0.15, -0.1) is 0 Å². The zero-order valence-corrected chi connectivity index (χ0v) is 10.1. The van der Waals surface area contributed by atoms with Gasteiger partial charge in [0.25, 0.3) is 0 Å². The number of nitrogens with zero attached hydrogens (tertiary/aromatic N) is 1. The van der Waals surface area contributed by atoms with Gasteiger partial charge in [0.15, 0.2) is 0 Å². The van der Waals surface area contributed by atoms with Crippen LogP contribution in [0.4, 0.5) is 8.78 Å². The van der Waals surface area contributed by atoms with Crippen LogP contribution in [0.15, 0.2) is 36.7 Å². The lowest BCUT2D eigenvalue weighted by molar-refractivity contribution is 0.610. The fourth-order valence-electron chi connectivity index (χ4n) is 1.75. The predicted molar refractivity (Wildman–Crippen MR) is 67.0 cm³/mol. The predicted octanol–water partition coefficient (Wildman–Crippen LogP) is 3.14. The number of benzene rings is 1. The van der Waals surface area contributed by atoms with E-state index in [0.717, 1.165) is 18.3 Å². The third kappa shape index (κ3) is 2.71. The lowest BCUT2D eigenvalue weighted by atomic mass is 10.0. The fraction of sp³-hybridized carbons (Fsp3) is 0.214. The summed E-state index contributed by atoms with van der Waals surface area (Å²) in [6.07, 6.45) is 2.53. The number of hydrogen-bond donors (Lipinski definition) is 1. The Bertz CT molecular complexity index is 541. The molecule has 94 valence electrons. The van der Waals surface area contributed by atoms with E-state index in [-0.39, 0.29) is 11.1 Å². The Kier molecular flexibility index (Phi) is 3.99. The van der Waals surface area contributed by atoms with Crippen LogP contribution in [0.2, 0.25) is 0 Å². The van der Waals surface area contributed by atoms with E-state index >= 15 is 0 Å². The molecule has 0 atom stereocenters. The summed E-state index contributed by atoms with van der Waals surface area (Å²) in [5, 5.41) is 3.11. The molecule has 2 rings (SSSR count). The molecule has 4 heteroatoms. The molecule has 0 spiro atoms. The molecule has 0 aliphatic carbocycles. The average Bonchev–Trinajstić information content (AvgIpc) is 2.38. The third-order valence-electron chi connectivity index (χ3n) is 2.68. The Morgan fingerprint density at radius 1 is 1.11 bits per heavy atom. The molecule has 0 radical (unpaired) electrons. The largest absolute Gasteiger partial charge is 0.313 e. The average molecular weight is 248 g/mol. The fourth-order valence-corrected chi connectivity index (χ4v) is 1.75. The van der Waals surface area contributed by atoms with Crippen LogP contribution in [0.25, 0.3) is 11.1 Å². The minimum atomic E-state index is -0.518. The van der Waals surface area contributed by atoms with Crippen molar-refractivity contribution in [2.45, 2.75) is 13.5 Å². The highest BCUT2D eigenvalue weighted by Crippen LogP contribution is 2.25. The number of hydrogen-bond acceptors (Lipinski definition) is 2. The molecule has 0 unspecified atom stereocenters. The van der Waals surface area contributed by atoms with Gasteiger partial charge >= 0.3 is 0 Å². The summed E-state index contributed by atoms with van der Waals surface area (Å²) in [4.78, 5) is 3.65. The molecule has 0 saturated carbocycles. The van der Waals surface area contributed by atoms with E-state index in [1.165, 1.54) is 18.3 Å². The zero-order valence-electron chi connectivity index (χ0n) is 10.1. The van der Waals surface area contributed by atoms with Crippen molar-refractivity contribution in [3.05, 3.63) is 53.9 Å². The van der Waals surface area contributed by atoms with E-state index < -0.39 is 11.6 Å². The van der Waals surface area contributed by atoms with Gasteiger partial charge in [0.1, 0.15) is 11.6 Å². The topological polar surface area (TPSA) is 24.9 Å². The maximum atomic E-state index is 13.9. The Labute approximate surface area is 105 Å². The number of nitrogens with one attached hydrogen (secondary N) is 1. The molecule has 0 bridgehead atoms. The highest BCUT2D eigenvalue weighted by molar-refractivity contribution is 5.64. The summed E-state index contributed by atoms with van der Waals surface area (Å²) in [7, 11) is 0. The SMILES string of the molecule is CCNCc1ccc(-c2ccncc2F)c(F)c1. The van der Waals surface area contributed by atoms with Gasteiger partial charge in [-0.2, -0.15) is 0 Å². The summed E-state index contributed by atoms with van der Waals surface area (Å²) in [6.45, 7) is 3.41. The summed E-state index contributed by atoms with van der Waals surface area (Å²) in [5.74, 6) is -0.939. The molecule has 1 heterocycles. The lowest BCUT2D eigenvalue weighted by Crippen LogP contribution is -2.11. The first-order valence-corrected chi connectivity index (χ1v) is 5.81. The molecule has 1 N–H and O–H groups in total. The monoisotopic (exact) mass is 248 g/mol. The second-order valence-electron chi connectivity index (χ2n) is 3.95. The molecule has 1 aromatic carbocycles. The molecular formula is C14H14F2N2. The van der Waals surface area contributed by atoms with Crippen molar-refractivity contribution >= 4 is 0 Å². The molecular weight excluding hydrogens is 234 g/mol. The first-order valence-electron chi connectivity index (χ1n) is 5.81. The summed E-state index contributed by atoms with van der Waals surface area (Å²) >= 11 is 0. The van der Waals surface area contributed by atoms with Gasteiger partial charge in [0.2, 0.25) is 0 Å². The molecule has 0 amide bonds. The van der Waals surface area contributed by atoms with Crippen molar-refractivity contribution in [3.63, 3.8) is 0 Å². The Balaban J connectivity index is 2.33. The van der Waals surface area contributed by atoms with Crippen LogP contribution in [0.5, 0.6) is 0 Å². The van der Waals surface area contributed by atoms with Gasteiger partial charge in [-0.1, -0.05) is 19.1 Å². The quantitative estimate of drug-likeness (QED) is 0.899. The third-order valence-corrected chi connectivity index (χ3v) is 2.68. The van der Waals surface area contributed by atoms with Crippen molar-refractivity contribution in [2.24, 2.45) is 0 Å². The van der Waals surface area contributed by atoms with Crippen LogP contribution in [0, 0.1) is 11.6 Å². The Morgan fingerprint density at radius 2 is 1.89 bits per heavy atom. The smallest absolute Gasteiger partial charge is 0.149 e. The van der Waals surface area contributed by atoms with Crippen LogP contribution < -0.4 is 5.32 Å². The van der Waals surface area contributed by atoms with Crippen LogP contribution in [-0.4, -0.2) is 11.5 Å². The Hall–Kier alpha value is -1.81. The van der Waals surface area contributed by atoms with Crippen molar-refractivity contribution in [2.75, 3.05) is 6.54 Å². The first-order chi connectivity index (χ1) is 8.72. The van der Waals surface area contributed by atoms with E-state index in [4.69, 9.17) is 0 Å². The minimum Gasteiger partial charge on any atom is -0.313 e. The van der Waals surface area contributed by atoms with Gasteiger partial charge in [-0.25, -0.2) is 8.78 Å². The van der Waals surface area contributed by atoms with E-state index in [2.05, 4.69) is 10.3 Å². The molecule has 0 aliphatic rings. The highest BCUT2D eigenvalue weighted by Gasteiger charge is 2.10. The van der Waals surface area contributed by atoms with Crippen molar-refractivity contribution in [3.8, 4) is 11.1 Å². The number of pyridine rings is 1. The summed E-state index contributed by atoms with van der Waals surface area (Å²) < 4.78 is 27.4. The van der Waals surface area contributed by atoms with Crippen LogP contribution in [0.3, 0.4) is 0 Å². The Morgan fingerprint density at radius 3 is 2.56 bits per heavy atom. The van der Waals surface area contributed by atoms with Crippen molar-refractivity contribution in [1.29, 1.82) is 0 Å². The zero-order chi connectivity index (χ0) is 13.0. The van der Waals surface area contributed by atoms with Crippen molar-refractivity contribution in [1.82, 2.24) is 10.3 Å². The normalized spacial score (nSPS) is 10.6. The number of aromatic nitrogens is 1.